The molecule has 0 aromatic rings. The molecular formula is C19H34. The van der Waals surface area contributed by atoms with E-state index in [4.69, 9.17) is 0 Å². The molecule has 19 heavy (non-hydrogen) atoms. The van der Waals surface area contributed by atoms with E-state index in [2.05, 4.69) is 6.92 Å². The van der Waals surface area contributed by atoms with Gasteiger partial charge in [0.1, 0.15) is 0 Å². The molecule has 2 atom stereocenters. The molecule has 0 saturated heterocycles. The zero-order chi connectivity index (χ0) is 13.1. The lowest BCUT2D eigenvalue weighted by atomic mass is 9.53. The summed E-state index contributed by atoms with van der Waals surface area (Å²) in [6.45, 7) is 2.52. The Labute approximate surface area is 120 Å². The van der Waals surface area contributed by atoms with Crippen LogP contribution in [0.4, 0.5) is 0 Å². The van der Waals surface area contributed by atoms with Gasteiger partial charge in [-0.3, -0.25) is 0 Å². The molecule has 0 aromatic carbocycles. The van der Waals surface area contributed by atoms with E-state index >= 15 is 0 Å². The van der Waals surface area contributed by atoms with Crippen molar-refractivity contribution in [2.24, 2.45) is 23.2 Å². The van der Waals surface area contributed by atoms with Crippen LogP contribution in [-0.2, 0) is 0 Å². The van der Waals surface area contributed by atoms with Crippen LogP contribution in [0.5, 0.6) is 0 Å². The Bertz CT molecular complexity index is 268. The third kappa shape index (κ3) is 2.88. The zero-order valence-corrected chi connectivity index (χ0v) is 13.1. The highest BCUT2D eigenvalue weighted by molar-refractivity contribution is 4.96. The number of rotatable bonds is 2. The predicted molar refractivity (Wildman–Crippen MR) is 83.2 cm³/mol. The molecular weight excluding hydrogens is 228 g/mol. The first kappa shape index (κ1) is 14.0. The standard InChI is InChI=1S/C19H34/c1-16-9-8-12-18(15-16)19(13-6-3-7-14-19)17-10-4-2-5-11-17/h16-18H,2-15H2,1H3. The summed E-state index contributed by atoms with van der Waals surface area (Å²) in [7, 11) is 0. The van der Waals surface area contributed by atoms with Crippen molar-refractivity contribution in [2.45, 2.75) is 96.8 Å². The maximum absolute atomic E-state index is 2.52. The van der Waals surface area contributed by atoms with E-state index < -0.39 is 0 Å². The van der Waals surface area contributed by atoms with Crippen molar-refractivity contribution in [1.82, 2.24) is 0 Å². The van der Waals surface area contributed by atoms with Crippen molar-refractivity contribution in [3.05, 3.63) is 0 Å². The molecule has 0 aromatic heterocycles. The Balaban J connectivity index is 1.78. The Hall–Kier alpha value is 0. The van der Waals surface area contributed by atoms with Crippen LogP contribution in [-0.4, -0.2) is 0 Å². The van der Waals surface area contributed by atoms with Gasteiger partial charge in [-0.05, 0) is 61.7 Å². The minimum Gasteiger partial charge on any atom is -0.0625 e. The summed E-state index contributed by atoms with van der Waals surface area (Å²) in [6, 6.07) is 0. The highest BCUT2D eigenvalue weighted by Crippen LogP contribution is 2.56. The summed E-state index contributed by atoms with van der Waals surface area (Å²) < 4.78 is 0. The molecule has 3 aliphatic rings. The second-order valence-corrected chi connectivity index (χ2v) is 8.10. The quantitative estimate of drug-likeness (QED) is 0.544. The summed E-state index contributed by atoms with van der Waals surface area (Å²) in [5.74, 6) is 3.22. The molecule has 0 spiro atoms. The van der Waals surface area contributed by atoms with E-state index in [1.807, 2.05) is 0 Å². The van der Waals surface area contributed by atoms with Crippen LogP contribution in [0.2, 0.25) is 0 Å². The number of hydrogen-bond donors (Lipinski definition) is 0. The lowest BCUT2D eigenvalue weighted by molar-refractivity contribution is -0.0208. The Kier molecular flexibility index (Phi) is 4.54. The molecule has 0 heterocycles. The van der Waals surface area contributed by atoms with Crippen LogP contribution in [0.1, 0.15) is 96.8 Å². The van der Waals surface area contributed by atoms with Crippen molar-refractivity contribution >= 4 is 0 Å². The highest BCUT2D eigenvalue weighted by Gasteiger charge is 2.46. The van der Waals surface area contributed by atoms with Crippen molar-refractivity contribution < 1.29 is 0 Å². The molecule has 3 saturated carbocycles. The molecule has 0 amide bonds. The fourth-order valence-corrected chi connectivity index (χ4v) is 5.99. The summed E-state index contributed by atoms with van der Waals surface area (Å²) in [5, 5.41) is 0. The highest BCUT2D eigenvalue weighted by atomic mass is 14.5. The monoisotopic (exact) mass is 262 g/mol. The van der Waals surface area contributed by atoms with Gasteiger partial charge in [-0.1, -0.05) is 58.3 Å². The topological polar surface area (TPSA) is 0 Å². The van der Waals surface area contributed by atoms with Gasteiger partial charge in [-0.25, -0.2) is 0 Å². The van der Waals surface area contributed by atoms with Gasteiger partial charge in [0, 0.05) is 0 Å². The van der Waals surface area contributed by atoms with E-state index in [0.717, 1.165) is 23.2 Å². The van der Waals surface area contributed by atoms with Crippen molar-refractivity contribution in [3.8, 4) is 0 Å². The third-order valence-electron chi connectivity index (χ3n) is 6.95. The van der Waals surface area contributed by atoms with Crippen molar-refractivity contribution in [1.29, 1.82) is 0 Å². The van der Waals surface area contributed by atoms with Crippen LogP contribution in [0, 0.1) is 23.2 Å². The average molecular weight is 262 g/mol. The number of hydrogen-bond acceptors (Lipinski definition) is 0. The fraction of sp³-hybridized carbons (Fsp3) is 1.00. The van der Waals surface area contributed by atoms with E-state index in [9.17, 15) is 0 Å². The first-order chi connectivity index (χ1) is 9.31. The zero-order valence-electron chi connectivity index (χ0n) is 13.1. The lowest BCUT2D eigenvalue weighted by Gasteiger charge is -2.52. The maximum atomic E-state index is 2.52. The first-order valence-electron chi connectivity index (χ1n) is 9.31. The Morgan fingerprint density at radius 2 is 1.26 bits per heavy atom. The molecule has 2 unspecified atom stereocenters. The molecule has 0 aliphatic heterocycles. The van der Waals surface area contributed by atoms with Gasteiger partial charge in [0.25, 0.3) is 0 Å². The molecule has 0 heteroatoms. The van der Waals surface area contributed by atoms with E-state index in [0.29, 0.717) is 0 Å². The summed E-state index contributed by atoms with van der Waals surface area (Å²) in [5.41, 5.74) is 0.799. The summed E-state index contributed by atoms with van der Waals surface area (Å²) in [4.78, 5) is 0. The predicted octanol–water partition coefficient (Wildman–Crippen LogP) is 6.34. The Morgan fingerprint density at radius 3 is 1.95 bits per heavy atom. The largest absolute Gasteiger partial charge is 0.0625 e. The molecule has 0 radical (unpaired) electrons. The van der Waals surface area contributed by atoms with Crippen LogP contribution >= 0.6 is 0 Å². The molecule has 0 nitrogen and oxygen atoms in total. The molecule has 3 fully saturated rings. The van der Waals surface area contributed by atoms with Gasteiger partial charge in [0.05, 0.1) is 0 Å². The minimum absolute atomic E-state index is 0.799. The SMILES string of the molecule is CC1CCCC(C2(C3CCCCC3)CCCCC2)C1. The van der Waals surface area contributed by atoms with Crippen molar-refractivity contribution in [3.63, 3.8) is 0 Å². The van der Waals surface area contributed by atoms with Gasteiger partial charge >= 0.3 is 0 Å². The van der Waals surface area contributed by atoms with E-state index in [1.165, 1.54) is 38.5 Å². The second kappa shape index (κ2) is 6.19. The maximum Gasteiger partial charge on any atom is -0.0241 e. The summed E-state index contributed by atoms with van der Waals surface area (Å²) in [6.07, 6.45) is 21.7. The van der Waals surface area contributed by atoms with Crippen LogP contribution in [0.3, 0.4) is 0 Å². The smallest absolute Gasteiger partial charge is 0.0241 e. The van der Waals surface area contributed by atoms with Crippen molar-refractivity contribution in [2.75, 3.05) is 0 Å². The first-order valence-corrected chi connectivity index (χ1v) is 9.31. The molecule has 3 aliphatic carbocycles. The molecule has 0 N–H and O–H groups in total. The Morgan fingerprint density at radius 1 is 0.632 bits per heavy atom. The van der Waals surface area contributed by atoms with Gasteiger partial charge in [-0.2, -0.15) is 0 Å². The van der Waals surface area contributed by atoms with Crippen LogP contribution in [0.25, 0.3) is 0 Å². The van der Waals surface area contributed by atoms with Crippen LogP contribution < -0.4 is 0 Å². The fourth-order valence-electron chi connectivity index (χ4n) is 5.99. The van der Waals surface area contributed by atoms with Gasteiger partial charge in [-0.15, -0.1) is 0 Å². The lowest BCUT2D eigenvalue weighted by Crippen LogP contribution is -2.42. The second-order valence-electron chi connectivity index (χ2n) is 8.10. The molecule has 3 rings (SSSR count). The van der Waals surface area contributed by atoms with Crippen LogP contribution in [0.15, 0.2) is 0 Å². The normalized spacial score (nSPS) is 37.1. The minimum atomic E-state index is 0.799. The molecule has 110 valence electrons. The van der Waals surface area contributed by atoms with Gasteiger partial charge in [0.15, 0.2) is 0 Å². The van der Waals surface area contributed by atoms with Gasteiger partial charge < -0.3 is 0 Å². The average Bonchev–Trinajstić information content (AvgIpc) is 2.49. The van der Waals surface area contributed by atoms with Gasteiger partial charge in [0.2, 0.25) is 0 Å². The molecule has 0 bridgehead atoms. The van der Waals surface area contributed by atoms with E-state index in [-0.39, 0.29) is 0 Å². The third-order valence-corrected chi connectivity index (χ3v) is 6.95. The summed E-state index contributed by atoms with van der Waals surface area (Å²) >= 11 is 0. The van der Waals surface area contributed by atoms with E-state index in [1.54, 1.807) is 51.4 Å².